The van der Waals surface area contributed by atoms with Gasteiger partial charge in [0.25, 0.3) is 11.1 Å². The predicted molar refractivity (Wildman–Crippen MR) is 123 cm³/mol. The van der Waals surface area contributed by atoms with Gasteiger partial charge in [0.1, 0.15) is 11.3 Å². The minimum Gasteiger partial charge on any atom is -0.493 e. The summed E-state index contributed by atoms with van der Waals surface area (Å²) in [5.41, 5.74) is 3.76. The third kappa shape index (κ3) is 5.08. The Hall–Kier alpha value is -3.39. The molecule has 32 heavy (non-hydrogen) atoms. The predicted octanol–water partition coefficient (Wildman–Crippen LogP) is 5.01. The van der Waals surface area contributed by atoms with Crippen molar-refractivity contribution < 1.29 is 23.1 Å². The molecular formula is C24H24N2O5S. The number of hydrogen-bond acceptors (Lipinski definition) is 7. The number of oxazole rings is 1. The number of aryl methyl sites for hydroxylation is 1. The molecule has 0 aliphatic carbocycles. The van der Waals surface area contributed by atoms with E-state index in [1.807, 2.05) is 43.3 Å². The zero-order valence-corrected chi connectivity index (χ0v) is 19.0. The van der Waals surface area contributed by atoms with Crippen LogP contribution in [-0.4, -0.2) is 31.7 Å². The normalized spacial score (nSPS) is 11.0. The number of amides is 1. The highest BCUT2D eigenvalue weighted by Crippen LogP contribution is 2.28. The first kappa shape index (κ1) is 21.8. The summed E-state index contributed by atoms with van der Waals surface area (Å²) in [5, 5.41) is 3.45. The Bertz CT molecular complexity index is 1230. The van der Waals surface area contributed by atoms with Crippen LogP contribution >= 0.6 is 11.8 Å². The Morgan fingerprint density at radius 2 is 1.88 bits per heavy atom. The van der Waals surface area contributed by atoms with Gasteiger partial charge in [-0.15, -0.1) is 0 Å². The van der Waals surface area contributed by atoms with E-state index in [1.165, 1.54) is 11.8 Å². The van der Waals surface area contributed by atoms with Crippen LogP contribution < -0.4 is 14.8 Å². The molecule has 1 N–H and O–H groups in total. The number of carbonyl (C=O) groups is 1. The van der Waals surface area contributed by atoms with Gasteiger partial charge < -0.3 is 23.6 Å². The minimum atomic E-state index is -0.251. The lowest BCUT2D eigenvalue weighted by molar-refractivity contribution is 0.0925. The zero-order valence-electron chi connectivity index (χ0n) is 18.1. The topological polar surface area (TPSA) is 86.7 Å². The molecule has 166 valence electrons. The third-order valence-corrected chi connectivity index (χ3v) is 5.74. The van der Waals surface area contributed by atoms with E-state index in [0.29, 0.717) is 41.2 Å². The zero-order chi connectivity index (χ0) is 22.5. The van der Waals surface area contributed by atoms with Crippen LogP contribution in [0.25, 0.3) is 11.1 Å². The van der Waals surface area contributed by atoms with E-state index < -0.39 is 0 Å². The molecule has 2 heterocycles. The summed E-state index contributed by atoms with van der Waals surface area (Å²) in [6.45, 7) is 2.49. The molecule has 8 heteroatoms. The van der Waals surface area contributed by atoms with Gasteiger partial charge in [-0.1, -0.05) is 23.9 Å². The van der Waals surface area contributed by atoms with Gasteiger partial charge in [-0.05, 0) is 60.9 Å². The standard InChI is InChI=1S/C24H24N2O5S/c1-15-4-7-19-18(12-15)26-24(31-19)32-14-17-6-9-21(30-17)23(27)25-11-10-16-5-8-20(28-2)22(13-16)29-3/h4-9,12-13H,10-11,14H2,1-3H3,(H,25,27). The maximum absolute atomic E-state index is 12.4. The second-order valence-electron chi connectivity index (χ2n) is 7.20. The second kappa shape index (κ2) is 9.82. The Labute approximate surface area is 190 Å². The third-order valence-electron chi connectivity index (χ3n) is 4.89. The van der Waals surface area contributed by atoms with Crippen molar-refractivity contribution in [3.8, 4) is 11.5 Å². The van der Waals surface area contributed by atoms with E-state index in [2.05, 4.69) is 10.3 Å². The first-order chi connectivity index (χ1) is 15.6. The van der Waals surface area contributed by atoms with E-state index in [1.54, 1.807) is 26.4 Å². The molecule has 4 rings (SSSR count). The average Bonchev–Trinajstić information content (AvgIpc) is 3.44. The smallest absolute Gasteiger partial charge is 0.287 e. The van der Waals surface area contributed by atoms with Crippen molar-refractivity contribution in [3.63, 3.8) is 0 Å². The average molecular weight is 453 g/mol. The molecule has 0 saturated carbocycles. The summed E-state index contributed by atoms with van der Waals surface area (Å²) < 4.78 is 22.0. The van der Waals surface area contributed by atoms with Crippen molar-refractivity contribution >= 4 is 28.8 Å². The Morgan fingerprint density at radius 1 is 1.03 bits per heavy atom. The number of methoxy groups -OCH3 is 2. The van der Waals surface area contributed by atoms with Crippen LogP contribution in [0.4, 0.5) is 0 Å². The highest BCUT2D eigenvalue weighted by Gasteiger charge is 2.13. The first-order valence-corrected chi connectivity index (χ1v) is 11.1. The molecule has 0 spiro atoms. The summed E-state index contributed by atoms with van der Waals surface area (Å²) in [6, 6.07) is 15.1. The number of rotatable bonds is 9. The molecule has 0 saturated heterocycles. The number of hydrogen-bond donors (Lipinski definition) is 1. The lowest BCUT2D eigenvalue weighted by atomic mass is 10.1. The quantitative estimate of drug-likeness (QED) is 0.357. The molecule has 0 aliphatic heterocycles. The lowest BCUT2D eigenvalue weighted by Gasteiger charge is -2.09. The Kier molecular flexibility index (Phi) is 6.70. The fourth-order valence-corrected chi connectivity index (χ4v) is 3.96. The van der Waals surface area contributed by atoms with Crippen LogP contribution in [0.3, 0.4) is 0 Å². The van der Waals surface area contributed by atoms with Crippen molar-refractivity contribution in [2.75, 3.05) is 20.8 Å². The number of ether oxygens (including phenoxy) is 2. The summed E-state index contributed by atoms with van der Waals surface area (Å²) in [5.74, 6) is 2.57. The van der Waals surface area contributed by atoms with Crippen LogP contribution in [0, 0.1) is 6.92 Å². The van der Waals surface area contributed by atoms with Gasteiger partial charge in [0.05, 0.1) is 20.0 Å². The highest BCUT2D eigenvalue weighted by molar-refractivity contribution is 7.98. The summed E-state index contributed by atoms with van der Waals surface area (Å²) in [6.07, 6.45) is 0.659. The summed E-state index contributed by atoms with van der Waals surface area (Å²) in [7, 11) is 3.20. The summed E-state index contributed by atoms with van der Waals surface area (Å²) >= 11 is 1.43. The number of aromatic nitrogens is 1. The largest absolute Gasteiger partial charge is 0.493 e. The number of fused-ring (bicyclic) bond motifs is 1. The van der Waals surface area contributed by atoms with Gasteiger partial charge in [-0.25, -0.2) is 4.98 Å². The van der Waals surface area contributed by atoms with Crippen molar-refractivity contribution in [2.45, 2.75) is 24.3 Å². The number of nitrogens with zero attached hydrogens (tertiary/aromatic N) is 1. The fraction of sp³-hybridized carbons (Fsp3) is 0.250. The maximum atomic E-state index is 12.4. The minimum absolute atomic E-state index is 0.251. The van der Waals surface area contributed by atoms with Crippen LogP contribution in [0.2, 0.25) is 0 Å². The fourth-order valence-electron chi connectivity index (χ4n) is 3.23. The van der Waals surface area contributed by atoms with Crippen LogP contribution in [0.15, 0.2) is 62.6 Å². The summed E-state index contributed by atoms with van der Waals surface area (Å²) in [4.78, 5) is 16.9. The number of furan rings is 1. The maximum Gasteiger partial charge on any atom is 0.287 e. The number of benzene rings is 2. The van der Waals surface area contributed by atoms with Crippen LogP contribution in [0.5, 0.6) is 11.5 Å². The Balaban J connectivity index is 1.28. The monoisotopic (exact) mass is 452 g/mol. The van der Waals surface area contributed by atoms with Crippen molar-refractivity contribution in [1.82, 2.24) is 10.3 Å². The SMILES string of the molecule is COc1ccc(CCNC(=O)c2ccc(CSc3nc4cc(C)ccc4o3)o2)cc1OC. The van der Waals surface area contributed by atoms with Gasteiger partial charge in [0.15, 0.2) is 22.8 Å². The van der Waals surface area contributed by atoms with E-state index in [-0.39, 0.29) is 11.7 Å². The molecule has 0 aliphatic rings. The first-order valence-electron chi connectivity index (χ1n) is 10.1. The molecule has 0 unspecified atom stereocenters. The number of nitrogens with one attached hydrogen (secondary N) is 1. The second-order valence-corrected chi connectivity index (χ2v) is 8.13. The molecular weight excluding hydrogens is 428 g/mol. The van der Waals surface area contributed by atoms with Gasteiger partial charge in [0, 0.05) is 6.54 Å². The van der Waals surface area contributed by atoms with E-state index in [0.717, 1.165) is 22.2 Å². The molecule has 4 aromatic rings. The van der Waals surface area contributed by atoms with Crippen LogP contribution in [0.1, 0.15) is 27.4 Å². The number of thioether (sulfide) groups is 1. The Morgan fingerprint density at radius 3 is 2.69 bits per heavy atom. The highest BCUT2D eigenvalue weighted by atomic mass is 32.2. The van der Waals surface area contributed by atoms with Gasteiger partial charge in [0.2, 0.25) is 0 Å². The van der Waals surface area contributed by atoms with Crippen LogP contribution in [-0.2, 0) is 12.2 Å². The molecule has 0 radical (unpaired) electrons. The van der Waals surface area contributed by atoms with Crippen molar-refractivity contribution in [1.29, 1.82) is 0 Å². The molecule has 7 nitrogen and oxygen atoms in total. The van der Waals surface area contributed by atoms with Crippen molar-refractivity contribution in [3.05, 3.63) is 71.2 Å². The molecule has 1 amide bonds. The molecule has 2 aromatic carbocycles. The van der Waals surface area contributed by atoms with E-state index >= 15 is 0 Å². The number of carbonyl (C=O) groups excluding carboxylic acids is 1. The lowest BCUT2D eigenvalue weighted by Crippen LogP contribution is -2.25. The molecule has 0 bridgehead atoms. The van der Waals surface area contributed by atoms with E-state index in [4.69, 9.17) is 18.3 Å². The van der Waals surface area contributed by atoms with Gasteiger partial charge in [-0.2, -0.15) is 0 Å². The van der Waals surface area contributed by atoms with Gasteiger partial charge >= 0.3 is 0 Å². The molecule has 2 aromatic heterocycles. The molecule has 0 atom stereocenters. The molecule has 0 fully saturated rings. The van der Waals surface area contributed by atoms with Gasteiger partial charge in [-0.3, -0.25) is 4.79 Å². The van der Waals surface area contributed by atoms with Crippen molar-refractivity contribution in [2.24, 2.45) is 0 Å². The van der Waals surface area contributed by atoms with E-state index in [9.17, 15) is 4.79 Å².